The van der Waals surface area contributed by atoms with Crippen LogP contribution in [0.2, 0.25) is 0 Å². The van der Waals surface area contributed by atoms with E-state index in [0.717, 1.165) is 13.0 Å². The number of anilines is 1. The van der Waals surface area contributed by atoms with Crippen LogP contribution in [0.4, 0.5) is 5.82 Å². The van der Waals surface area contributed by atoms with E-state index in [0.29, 0.717) is 11.7 Å². The third kappa shape index (κ3) is 3.96. The first-order chi connectivity index (χ1) is 8.86. The van der Waals surface area contributed by atoms with Crippen LogP contribution >= 0.6 is 0 Å². The molecule has 0 fully saturated rings. The van der Waals surface area contributed by atoms with Crippen molar-refractivity contribution < 1.29 is 9.53 Å². The number of rotatable bonds is 6. The Morgan fingerprint density at radius 2 is 2.16 bits per heavy atom. The number of ether oxygens (including phenoxy) is 1. The van der Waals surface area contributed by atoms with Gasteiger partial charge in [0.2, 0.25) is 0 Å². The van der Waals surface area contributed by atoms with Crippen molar-refractivity contribution in [1.29, 1.82) is 0 Å². The molecule has 0 radical (unpaired) electrons. The topological polar surface area (TPSA) is 73.4 Å². The standard InChI is InChI=1S/C13H24N4O2/c1-9(2)6-10(7-16(3)4)17-8-15-11(12(17)14)13(18)19-5/h8-10H,6-7,14H2,1-5H3. The quantitative estimate of drug-likeness (QED) is 0.789. The molecule has 0 aliphatic rings. The molecule has 0 amide bonds. The van der Waals surface area contributed by atoms with E-state index in [4.69, 9.17) is 5.73 Å². The van der Waals surface area contributed by atoms with E-state index in [-0.39, 0.29) is 11.7 Å². The summed E-state index contributed by atoms with van der Waals surface area (Å²) >= 11 is 0. The molecule has 6 heteroatoms. The summed E-state index contributed by atoms with van der Waals surface area (Å²) in [5, 5.41) is 0. The molecule has 0 aliphatic heterocycles. The van der Waals surface area contributed by atoms with Crippen molar-refractivity contribution in [1.82, 2.24) is 14.5 Å². The maximum Gasteiger partial charge on any atom is 0.360 e. The molecule has 1 aromatic heterocycles. The summed E-state index contributed by atoms with van der Waals surface area (Å²) in [5.74, 6) is 0.414. The van der Waals surface area contributed by atoms with Gasteiger partial charge in [0.25, 0.3) is 0 Å². The van der Waals surface area contributed by atoms with Gasteiger partial charge in [0.05, 0.1) is 13.4 Å². The van der Waals surface area contributed by atoms with E-state index in [2.05, 4.69) is 28.5 Å². The zero-order valence-electron chi connectivity index (χ0n) is 12.4. The lowest BCUT2D eigenvalue weighted by Crippen LogP contribution is -2.26. The van der Waals surface area contributed by atoms with Crippen LogP contribution < -0.4 is 5.73 Å². The number of esters is 1. The molecule has 0 aliphatic carbocycles. The molecule has 1 aromatic rings. The fourth-order valence-corrected chi connectivity index (χ4v) is 2.16. The second-order valence-corrected chi connectivity index (χ2v) is 5.42. The lowest BCUT2D eigenvalue weighted by molar-refractivity contribution is 0.0596. The predicted octanol–water partition coefficient (Wildman–Crippen LogP) is 1.40. The normalized spacial score (nSPS) is 13.0. The minimum absolute atomic E-state index is 0.190. The number of nitrogen functional groups attached to an aromatic ring is 1. The summed E-state index contributed by atoms with van der Waals surface area (Å²) in [7, 11) is 5.36. The summed E-state index contributed by atoms with van der Waals surface area (Å²) in [6.07, 6.45) is 2.59. The lowest BCUT2D eigenvalue weighted by atomic mass is 10.0. The van der Waals surface area contributed by atoms with E-state index >= 15 is 0 Å². The van der Waals surface area contributed by atoms with Gasteiger partial charge in [0.15, 0.2) is 5.69 Å². The maximum absolute atomic E-state index is 11.5. The Balaban J connectivity index is 3.02. The molecule has 0 saturated heterocycles. The van der Waals surface area contributed by atoms with E-state index in [1.165, 1.54) is 7.11 Å². The highest BCUT2D eigenvalue weighted by Gasteiger charge is 2.22. The average molecular weight is 268 g/mol. The summed E-state index contributed by atoms with van der Waals surface area (Å²) < 4.78 is 6.53. The van der Waals surface area contributed by atoms with Gasteiger partial charge in [-0.2, -0.15) is 0 Å². The van der Waals surface area contributed by atoms with Crippen molar-refractivity contribution in [3.8, 4) is 0 Å². The number of imidazole rings is 1. The first kappa shape index (κ1) is 15.5. The number of carbonyl (C=O) groups excluding carboxylic acids is 1. The number of nitrogens with two attached hydrogens (primary N) is 1. The third-order valence-corrected chi connectivity index (χ3v) is 2.92. The Bertz CT molecular complexity index is 416. The van der Waals surface area contributed by atoms with Crippen molar-refractivity contribution >= 4 is 11.8 Å². The van der Waals surface area contributed by atoms with Crippen LogP contribution in [0, 0.1) is 5.92 Å². The first-order valence-corrected chi connectivity index (χ1v) is 6.42. The molecule has 1 heterocycles. The SMILES string of the molecule is COC(=O)c1ncn(C(CC(C)C)CN(C)C)c1N. The fraction of sp³-hybridized carbons (Fsp3) is 0.692. The molecule has 0 bridgehead atoms. The van der Waals surface area contributed by atoms with E-state index < -0.39 is 5.97 Å². The van der Waals surface area contributed by atoms with Crippen LogP contribution in [0.15, 0.2) is 6.33 Å². The number of nitrogens with zero attached hydrogens (tertiary/aromatic N) is 3. The molecule has 0 saturated carbocycles. The van der Waals surface area contributed by atoms with Crippen molar-refractivity contribution in [2.45, 2.75) is 26.3 Å². The van der Waals surface area contributed by atoms with Gasteiger partial charge < -0.3 is 19.9 Å². The molecular weight excluding hydrogens is 244 g/mol. The van der Waals surface area contributed by atoms with Crippen LogP contribution in [-0.4, -0.2) is 48.2 Å². The predicted molar refractivity (Wildman–Crippen MR) is 75.0 cm³/mol. The van der Waals surface area contributed by atoms with Gasteiger partial charge in [0.1, 0.15) is 5.82 Å². The van der Waals surface area contributed by atoms with Crippen molar-refractivity contribution in [2.24, 2.45) is 5.92 Å². The van der Waals surface area contributed by atoms with Crippen molar-refractivity contribution in [2.75, 3.05) is 33.5 Å². The number of carbonyl (C=O) groups is 1. The monoisotopic (exact) mass is 268 g/mol. The summed E-state index contributed by atoms with van der Waals surface area (Å²) in [6, 6.07) is 0.195. The Hall–Kier alpha value is -1.56. The summed E-state index contributed by atoms with van der Waals surface area (Å²) in [5.41, 5.74) is 6.20. The van der Waals surface area contributed by atoms with Gasteiger partial charge in [-0.15, -0.1) is 0 Å². The molecule has 108 valence electrons. The van der Waals surface area contributed by atoms with Gasteiger partial charge in [0, 0.05) is 12.6 Å². The van der Waals surface area contributed by atoms with Gasteiger partial charge in [-0.3, -0.25) is 0 Å². The van der Waals surface area contributed by atoms with E-state index in [9.17, 15) is 4.79 Å². The number of aromatic nitrogens is 2. The molecule has 2 N–H and O–H groups in total. The molecule has 1 unspecified atom stereocenters. The summed E-state index contributed by atoms with van der Waals surface area (Å²) in [4.78, 5) is 17.7. The van der Waals surface area contributed by atoms with Gasteiger partial charge >= 0.3 is 5.97 Å². The Labute approximate surface area is 114 Å². The Morgan fingerprint density at radius 1 is 1.53 bits per heavy atom. The first-order valence-electron chi connectivity index (χ1n) is 6.42. The second kappa shape index (κ2) is 6.56. The maximum atomic E-state index is 11.5. The highest BCUT2D eigenvalue weighted by molar-refractivity contribution is 5.92. The number of methoxy groups -OCH3 is 1. The van der Waals surface area contributed by atoms with E-state index in [1.54, 1.807) is 6.33 Å². The van der Waals surface area contributed by atoms with Crippen LogP contribution in [0.25, 0.3) is 0 Å². The van der Waals surface area contributed by atoms with Crippen LogP contribution in [0.3, 0.4) is 0 Å². The zero-order valence-corrected chi connectivity index (χ0v) is 12.4. The zero-order chi connectivity index (χ0) is 14.6. The Morgan fingerprint density at radius 3 is 2.63 bits per heavy atom. The highest BCUT2D eigenvalue weighted by atomic mass is 16.5. The molecule has 6 nitrogen and oxygen atoms in total. The fourth-order valence-electron chi connectivity index (χ4n) is 2.16. The molecule has 0 spiro atoms. The molecule has 1 rings (SSSR count). The average Bonchev–Trinajstić information content (AvgIpc) is 2.68. The van der Waals surface area contributed by atoms with Crippen LogP contribution in [-0.2, 0) is 4.74 Å². The molecule has 1 atom stereocenters. The lowest BCUT2D eigenvalue weighted by Gasteiger charge is -2.25. The van der Waals surface area contributed by atoms with Crippen molar-refractivity contribution in [3.05, 3.63) is 12.0 Å². The highest BCUT2D eigenvalue weighted by Crippen LogP contribution is 2.23. The number of hydrogen-bond donors (Lipinski definition) is 1. The molecule has 19 heavy (non-hydrogen) atoms. The van der Waals surface area contributed by atoms with Gasteiger partial charge in [-0.05, 0) is 26.4 Å². The van der Waals surface area contributed by atoms with Gasteiger partial charge in [-0.25, -0.2) is 9.78 Å². The minimum atomic E-state index is -0.496. The molecule has 0 aromatic carbocycles. The van der Waals surface area contributed by atoms with Gasteiger partial charge in [-0.1, -0.05) is 13.8 Å². The van der Waals surface area contributed by atoms with Crippen molar-refractivity contribution in [3.63, 3.8) is 0 Å². The second-order valence-electron chi connectivity index (χ2n) is 5.42. The molecular formula is C13H24N4O2. The minimum Gasteiger partial charge on any atom is -0.464 e. The number of likely N-dealkylation sites (N-methyl/N-ethyl adjacent to an activating group) is 1. The summed E-state index contributed by atoms with van der Waals surface area (Å²) in [6.45, 7) is 5.17. The third-order valence-electron chi connectivity index (χ3n) is 2.92. The van der Waals surface area contributed by atoms with Crippen LogP contribution in [0.1, 0.15) is 36.8 Å². The van der Waals surface area contributed by atoms with Crippen LogP contribution in [0.5, 0.6) is 0 Å². The Kier molecular flexibility index (Phi) is 5.35. The van der Waals surface area contributed by atoms with E-state index in [1.807, 2.05) is 18.7 Å². The largest absolute Gasteiger partial charge is 0.464 e. The number of hydrogen-bond acceptors (Lipinski definition) is 5. The smallest absolute Gasteiger partial charge is 0.360 e.